The molecule has 0 fully saturated rings. The predicted octanol–water partition coefficient (Wildman–Crippen LogP) is 3.26. The average molecular weight is 246 g/mol. The average Bonchev–Trinajstić information content (AvgIpc) is 2.75. The van der Waals surface area contributed by atoms with Gasteiger partial charge in [0, 0.05) is 23.0 Å². The van der Waals surface area contributed by atoms with Gasteiger partial charge in [-0.1, -0.05) is 37.3 Å². The molecule has 2 nitrogen and oxygen atoms in total. The molecule has 2 aromatic rings. The maximum absolute atomic E-state index is 6.53. The highest BCUT2D eigenvalue weighted by atomic mass is 32.1. The Morgan fingerprint density at radius 1 is 1.29 bits per heavy atom. The van der Waals surface area contributed by atoms with Gasteiger partial charge in [0.15, 0.2) is 0 Å². The lowest BCUT2D eigenvalue weighted by Gasteiger charge is -2.27. The molecule has 3 heteroatoms. The molecule has 0 amide bonds. The van der Waals surface area contributed by atoms with Crippen molar-refractivity contribution < 1.29 is 0 Å². The van der Waals surface area contributed by atoms with Gasteiger partial charge in [-0.2, -0.15) is 0 Å². The Morgan fingerprint density at radius 3 is 2.53 bits per heavy atom. The third-order valence-corrected chi connectivity index (χ3v) is 4.08. The van der Waals surface area contributed by atoms with Crippen molar-refractivity contribution >= 4 is 11.3 Å². The van der Waals surface area contributed by atoms with E-state index in [1.807, 2.05) is 25.1 Å². The summed E-state index contributed by atoms with van der Waals surface area (Å²) in [5, 5.41) is 3.20. The summed E-state index contributed by atoms with van der Waals surface area (Å²) >= 11 is 1.70. The van der Waals surface area contributed by atoms with Gasteiger partial charge in [-0.25, -0.2) is 4.98 Å². The normalized spacial score (nSPS) is 14.5. The van der Waals surface area contributed by atoms with Gasteiger partial charge < -0.3 is 5.73 Å². The van der Waals surface area contributed by atoms with Crippen LogP contribution in [0, 0.1) is 6.92 Å². The first kappa shape index (κ1) is 12.3. The summed E-state index contributed by atoms with van der Waals surface area (Å²) in [5.41, 5.74) is 8.50. The van der Waals surface area contributed by atoms with Crippen LogP contribution in [0.3, 0.4) is 0 Å². The Labute approximate surface area is 107 Å². The minimum atomic E-state index is -0.300. The summed E-state index contributed by atoms with van der Waals surface area (Å²) in [7, 11) is 0. The second-order valence-corrected chi connectivity index (χ2v) is 5.38. The highest BCUT2D eigenvalue weighted by molar-refractivity contribution is 7.09. The molecule has 0 spiro atoms. The van der Waals surface area contributed by atoms with Crippen LogP contribution in [-0.2, 0) is 12.0 Å². The summed E-state index contributed by atoms with van der Waals surface area (Å²) in [6.07, 6.45) is 1.72. The molecule has 0 saturated carbocycles. The zero-order valence-corrected chi connectivity index (χ0v) is 11.1. The monoisotopic (exact) mass is 246 g/mol. The number of hydrogen-bond donors (Lipinski definition) is 1. The van der Waals surface area contributed by atoms with Gasteiger partial charge in [0.05, 0.1) is 5.01 Å². The van der Waals surface area contributed by atoms with Crippen molar-refractivity contribution in [3.05, 3.63) is 52.0 Å². The van der Waals surface area contributed by atoms with E-state index in [1.54, 1.807) is 11.3 Å². The van der Waals surface area contributed by atoms with Gasteiger partial charge in [-0.3, -0.25) is 0 Å². The zero-order valence-electron chi connectivity index (χ0n) is 10.3. The molecule has 0 radical (unpaired) electrons. The van der Waals surface area contributed by atoms with Crippen LogP contribution in [0.1, 0.15) is 29.6 Å². The second-order valence-electron chi connectivity index (χ2n) is 4.44. The smallest absolute Gasteiger partial charge is 0.0949 e. The van der Waals surface area contributed by atoms with Crippen LogP contribution in [0.25, 0.3) is 0 Å². The Balaban J connectivity index is 2.26. The molecule has 2 rings (SSSR count). The largest absolute Gasteiger partial charge is 0.321 e. The Kier molecular flexibility index (Phi) is 3.60. The fraction of sp³-hybridized carbons (Fsp3) is 0.357. The Morgan fingerprint density at radius 2 is 2.00 bits per heavy atom. The van der Waals surface area contributed by atoms with Crippen molar-refractivity contribution in [1.82, 2.24) is 4.98 Å². The molecule has 0 aliphatic rings. The number of thiazole rings is 1. The van der Waals surface area contributed by atoms with Gasteiger partial charge in [0.1, 0.15) is 0 Å². The number of rotatable bonds is 4. The third-order valence-electron chi connectivity index (χ3n) is 3.11. The maximum atomic E-state index is 6.53. The summed E-state index contributed by atoms with van der Waals surface area (Å²) in [4.78, 5) is 4.51. The number of aromatic nitrogens is 1. The van der Waals surface area contributed by atoms with Gasteiger partial charge in [0.2, 0.25) is 0 Å². The molecule has 1 aromatic carbocycles. The van der Waals surface area contributed by atoms with E-state index >= 15 is 0 Å². The lowest BCUT2D eigenvalue weighted by molar-refractivity contribution is 0.424. The fourth-order valence-electron chi connectivity index (χ4n) is 1.96. The van der Waals surface area contributed by atoms with E-state index in [1.165, 1.54) is 5.56 Å². The van der Waals surface area contributed by atoms with E-state index in [2.05, 4.69) is 29.4 Å². The lowest BCUT2D eigenvalue weighted by atomic mass is 9.85. The summed E-state index contributed by atoms with van der Waals surface area (Å²) in [5.74, 6) is 0. The molecule has 0 aliphatic heterocycles. The fourth-order valence-corrected chi connectivity index (χ4v) is 2.85. The molecule has 90 valence electrons. The van der Waals surface area contributed by atoms with Crippen molar-refractivity contribution in [2.45, 2.75) is 32.2 Å². The minimum Gasteiger partial charge on any atom is -0.321 e. The molecule has 0 bridgehead atoms. The van der Waals surface area contributed by atoms with Gasteiger partial charge in [-0.15, -0.1) is 11.3 Å². The minimum absolute atomic E-state index is 0.300. The summed E-state index contributed by atoms with van der Waals surface area (Å²) < 4.78 is 0. The predicted molar refractivity (Wildman–Crippen MR) is 73.2 cm³/mol. The molecule has 2 N–H and O–H groups in total. The van der Waals surface area contributed by atoms with Crippen LogP contribution in [0.5, 0.6) is 0 Å². The maximum Gasteiger partial charge on any atom is 0.0949 e. The van der Waals surface area contributed by atoms with E-state index in [-0.39, 0.29) is 5.54 Å². The highest BCUT2D eigenvalue weighted by Gasteiger charge is 2.26. The number of nitrogens with zero attached hydrogens (tertiary/aromatic N) is 1. The molecule has 1 unspecified atom stereocenters. The van der Waals surface area contributed by atoms with Crippen LogP contribution >= 0.6 is 11.3 Å². The van der Waals surface area contributed by atoms with Crippen molar-refractivity contribution in [2.75, 3.05) is 0 Å². The number of aryl methyl sites for hydroxylation is 1. The molecular formula is C14H18N2S. The molecule has 1 aromatic heterocycles. The first-order valence-electron chi connectivity index (χ1n) is 5.89. The standard InChI is InChI=1S/C14H18N2S/c1-3-14(15,12-7-5-4-6-8-12)9-13-16-11(2)10-17-13/h4-8,10H,3,9,15H2,1-2H3. The molecular weight excluding hydrogens is 228 g/mol. The first-order valence-corrected chi connectivity index (χ1v) is 6.77. The summed E-state index contributed by atoms with van der Waals surface area (Å²) in [6.45, 7) is 4.15. The van der Waals surface area contributed by atoms with Crippen molar-refractivity contribution in [1.29, 1.82) is 0 Å². The second kappa shape index (κ2) is 4.98. The molecule has 0 saturated heterocycles. The van der Waals surface area contributed by atoms with E-state index < -0.39 is 0 Å². The van der Waals surface area contributed by atoms with Crippen LogP contribution in [-0.4, -0.2) is 4.98 Å². The quantitative estimate of drug-likeness (QED) is 0.899. The van der Waals surface area contributed by atoms with Crippen LogP contribution in [0.4, 0.5) is 0 Å². The van der Waals surface area contributed by atoms with Crippen LogP contribution < -0.4 is 5.73 Å². The number of benzene rings is 1. The van der Waals surface area contributed by atoms with Gasteiger partial charge >= 0.3 is 0 Å². The molecule has 17 heavy (non-hydrogen) atoms. The highest BCUT2D eigenvalue weighted by Crippen LogP contribution is 2.27. The van der Waals surface area contributed by atoms with E-state index in [9.17, 15) is 0 Å². The van der Waals surface area contributed by atoms with Crippen LogP contribution in [0.2, 0.25) is 0 Å². The number of nitrogens with two attached hydrogens (primary N) is 1. The van der Waals surface area contributed by atoms with E-state index in [4.69, 9.17) is 5.73 Å². The van der Waals surface area contributed by atoms with Crippen molar-refractivity contribution in [3.63, 3.8) is 0 Å². The lowest BCUT2D eigenvalue weighted by Crippen LogP contribution is -2.38. The number of hydrogen-bond acceptors (Lipinski definition) is 3. The third kappa shape index (κ3) is 2.73. The van der Waals surface area contributed by atoms with Crippen molar-refractivity contribution in [3.8, 4) is 0 Å². The van der Waals surface area contributed by atoms with E-state index in [0.29, 0.717) is 0 Å². The topological polar surface area (TPSA) is 38.9 Å². The molecule has 1 heterocycles. The summed E-state index contributed by atoms with van der Waals surface area (Å²) in [6, 6.07) is 10.3. The van der Waals surface area contributed by atoms with Crippen LogP contribution in [0.15, 0.2) is 35.7 Å². The first-order chi connectivity index (χ1) is 8.14. The van der Waals surface area contributed by atoms with Gasteiger partial charge in [0.25, 0.3) is 0 Å². The van der Waals surface area contributed by atoms with E-state index in [0.717, 1.165) is 23.5 Å². The SMILES string of the molecule is CCC(N)(Cc1nc(C)cs1)c1ccccc1. The molecule has 0 aliphatic carbocycles. The molecule has 1 atom stereocenters. The Hall–Kier alpha value is -1.19. The van der Waals surface area contributed by atoms with Crippen molar-refractivity contribution in [2.24, 2.45) is 5.73 Å². The van der Waals surface area contributed by atoms with Gasteiger partial charge in [-0.05, 0) is 18.9 Å². The zero-order chi connectivity index (χ0) is 12.3. The Bertz CT molecular complexity index is 478.